The number of phosphoric ester groups is 1. The standard InChI is InChI=1S/C27H44NO7P/c1-2-3-4-5-6-7-8-9-10-11-12-13-14-15-16-17-18-19-20-21-27(30)35-26(24-29)25-34-36(31,32)33-23-22-28/h10-21,26,29H,2-9,22-25,28H2,1H3,(H,31,32)/t26-/m1/s1. The number of hydrogen-bond acceptors (Lipinski definition) is 7. The molecule has 0 aliphatic carbocycles. The van der Waals surface area contributed by atoms with Gasteiger partial charge in [0.1, 0.15) is 6.10 Å². The first-order valence-corrected chi connectivity index (χ1v) is 14.1. The van der Waals surface area contributed by atoms with Crippen LogP contribution in [0.4, 0.5) is 0 Å². The van der Waals surface area contributed by atoms with Gasteiger partial charge in [-0.2, -0.15) is 0 Å². The molecule has 4 N–H and O–H groups in total. The third-order valence-electron chi connectivity index (χ3n) is 4.63. The minimum Gasteiger partial charge on any atom is -0.454 e. The summed E-state index contributed by atoms with van der Waals surface area (Å²) in [5.41, 5.74) is 5.18. The van der Waals surface area contributed by atoms with Crippen LogP contribution in [0.15, 0.2) is 72.9 Å². The molecule has 0 radical (unpaired) electrons. The Labute approximate surface area is 216 Å². The topological polar surface area (TPSA) is 128 Å². The molecule has 9 heteroatoms. The highest BCUT2D eigenvalue weighted by Gasteiger charge is 2.24. The summed E-state index contributed by atoms with van der Waals surface area (Å²) in [4.78, 5) is 21.2. The number of phosphoric acid groups is 1. The van der Waals surface area contributed by atoms with Gasteiger partial charge in [-0.15, -0.1) is 0 Å². The molecule has 0 amide bonds. The van der Waals surface area contributed by atoms with Crippen molar-refractivity contribution in [3.63, 3.8) is 0 Å². The fraction of sp³-hybridized carbons (Fsp3) is 0.519. The molecular weight excluding hydrogens is 481 g/mol. The normalized spacial score (nSPS) is 15.3. The maximum atomic E-state index is 11.8. The highest BCUT2D eigenvalue weighted by molar-refractivity contribution is 7.47. The molecule has 0 fully saturated rings. The smallest absolute Gasteiger partial charge is 0.454 e. The van der Waals surface area contributed by atoms with Crippen LogP contribution in [0.25, 0.3) is 0 Å². The van der Waals surface area contributed by atoms with E-state index in [9.17, 15) is 19.4 Å². The van der Waals surface area contributed by atoms with Gasteiger partial charge >= 0.3 is 13.8 Å². The lowest BCUT2D eigenvalue weighted by atomic mass is 10.1. The lowest BCUT2D eigenvalue weighted by Crippen LogP contribution is -2.26. The first-order chi connectivity index (χ1) is 17.4. The van der Waals surface area contributed by atoms with E-state index in [1.807, 2.05) is 30.4 Å². The molecule has 2 atom stereocenters. The second kappa shape index (κ2) is 24.6. The minimum atomic E-state index is -4.31. The van der Waals surface area contributed by atoms with E-state index in [-0.39, 0.29) is 13.2 Å². The van der Waals surface area contributed by atoms with Gasteiger partial charge in [-0.05, 0) is 12.8 Å². The van der Waals surface area contributed by atoms with Crippen LogP contribution in [0.3, 0.4) is 0 Å². The second-order valence-electron chi connectivity index (χ2n) is 7.86. The first-order valence-electron chi connectivity index (χ1n) is 12.6. The molecule has 204 valence electrons. The summed E-state index contributed by atoms with van der Waals surface area (Å²) >= 11 is 0. The van der Waals surface area contributed by atoms with Gasteiger partial charge in [0, 0.05) is 12.6 Å². The van der Waals surface area contributed by atoms with Crippen molar-refractivity contribution in [2.24, 2.45) is 5.73 Å². The number of allylic oxidation sites excluding steroid dienone is 11. The van der Waals surface area contributed by atoms with E-state index in [1.165, 1.54) is 51.0 Å². The van der Waals surface area contributed by atoms with E-state index < -0.39 is 33.1 Å². The van der Waals surface area contributed by atoms with Crippen LogP contribution >= 0.6 is 7.82 Å². The third kappa shape index (κ3) is 23.7. The average Bonchev–Trinajstić information content (AvgIpc) is 2.86. The van der Waals surface area contributed by atoms with Crippen molar-refractivity contribution in [2.45, 2.75) is 64.4 Å². The number of rotatable bonds is 22. The molecule has 0 saturated carbocycles. The maximum absolute atomic E-state index is 11.8. The maximum Gasteiger partial charge on any atom is 0.472 e. The summed E-state index contributed by atoms with van der Waals surface area (Å²) in [5, 5.41) is 9.23. The molecule has 36 heavy (non-hydrogen) atoms. The van der Waals surface area contributed by atoms with E-state index in [2.05, 4.69) is 28.1 Å². The largest absolute Gasteiger partial charge is 0.472 e. The Morgan fingerprint density at radius 1 is 0.861 bits per heavy atom. The number of carbonyl (C=O) groups is 1. The summed E-state index contributed by atoms with van der Waals surface area (Å²) in [5.74, 6) is -0.730. The zero-order valence-electron chi connectivity index (χ0n) is 21.5. The van der Waals surface area contributed by atoms with Crippen molar-refractivity contribution in [1.29, 1.82) is 0 Å². The average molecular weight is 526 g/mol. The monoisotopic (exact) mass is 525 g/mol. The molecule has 0 aromatic rings. The number of hydrogen-bond donors (Lipinski definition) is 3. The fourth-order valence-electron chi connectivity index (χ4n) is 2.75. The third-order valence-corrected chi connectivity index (χ3v) is 5.61. The zero-order chi connectivity index (χ0) is 26.7. The van der Waals surface area contributed by atoms with Crippen LogP contribution in [0.5, 0.6) is 0 Å². The van der Waals surface area contributed by atoms with Crippen molar-refractivity contribution in [2.75, 3.05) is 26.4 Å². The fourth-order valence-corrected chi connectivity index (χ4v) is 3.52. The van der Waals surface area contributed by atoms with Crippen LogP contribution in [0.2, 0.25) is 0 Å². The van der Waals surface area contributed by atoms with Gasteiger partial charge in [0.25, 0.3) is 0 Å². The zero-order valence-corrected chi connectivity index (χ0v) is 22.3. The van der Waals surface area contributed by atoms with Gasteiger partial charge in [-0.3, -0.25) is 9.05 Å². The number of aliphatic hydroxyl groups excluding tert-OH is 1. The van der Waals surface area contributed by atoms with Gasteiger partial charge in [0.15, 0.2) is 0 Å². The Morgan fingerprint density at radius 2 is 1.42 bits per heavy atom. The number of ether oxygens (including phenoxy) is 1. The lowest BCUT2D eigenvalue weighted by molar-refractivity contribution is -0.147. The van der Waals surface area contributed by atoms with E-state index in [4.69, 9.17) is 10.5 Å². The van der Waals surface area contributed by atoms with Crippen LogP contribution in [0, 0.1) is 0 Å². The predicted octanol–water partition coefficient (Wildman–Crippen LogP) is 5.46. The van der Waals surface area contributed by atoms with Gasteiger partial charge in [0.05, 0.1) is 19.8 Å². The molecule has 0 aliphatic heterocycles. The van der Waals surface area contributed by atoms with E-state index >= 15 is 0 Å². The molecule has 0 aromatic heterocycles. The minimum absolute atomic E-state index is 0.0458. The molecule has 8 nitrogen and oxygen atoms in total. The Bertz CT molecular complexity index is 772. The molecular formula is C27H44NO7P. The van der Waals surface area contributed by atoms with Gasteiger partial charge in [-0.25, -0.2) is 9.36 Å². The highest BCUT2D eigenvalue weighted by Crippen LogP contribution is 2.42. The number of carbonyl (C=O) groups excluding carboxylic acids is 1. The molecule has 0 spiro atoms. The van der Waals surface area contributed by atoms with Crippen LogP contribution in [0.1, 0.15) is 58.3 Å². The summed E-state index contributed by atoms with van der Waals surface area (Å²) in [6.45, 7) is 1.05. The number of esters is 1. The molecule has 1 unspecified atom stereocenters. The van der Waals surface area contributed by atoms with Crippen LogP contribution < -0.4 is 5.73 Å². The van der Waals surface area contributed by atoms with Crippen molar-refractivity contribution in [3.8, 4) is 0 Å². The van der Waals surface area contributed by atoms with Crippen molar-refractivity contribution in [1.82, 2.24) is 0 Å². The Hall–Kier alpha value is -2.06. The summed E-state index contributed by atoms with van der Waals surface area (Å²) in [7, 11) is -4.31. The van der Waals surface area contributed by atoms with Crippen molar-refractivity contribution in [3.05, 3.63) is 72.9 Å². The van der Waals surface area contributed by atoms with Gasteiger partial charge in [0.2, 0.25) is 0 Å². The number of unbranched alkanes of at least 4 members (excludes halogenated alkanes) is 7. The summed E-state index contributed by atoms with van der Waals surface area (Å²) in [6, 6.07) is 0. The van der Waals surface area contributed by atoms with Crippen LogP contribution in [-0.2, 0) is 23.1 Å². The highest BCUT2D eigenvalue weighted by atomic mass is 31.2. The van der Waals surface area contributed by atoms with Crippen LogP contribution in [-0.4, -0.2) is 48.4 Å². The molecule has 0 heterocycles. The number of nitrogens with two attached hydrogens (primary N) is 1. The Morgan fingerprint density at radius 3 is 2.00 bits per heavy atom. The van der Waals surface area contributed by atoms with E-state index in [0.29, 0.717) is 0 Å². The molecule has 0 aromatic carbocycles. The van der Waals surface area contributed by atoms with Gasteiger partial charge in [-0.1, -0.05) is 112 Å². The van der Waals surface area contributed by atoms with Gasteiger partial charge < -0.3 is 20.5 Å². The molecule has 0 bridgehead atoms. The Kier molecular flexibility index (Phi) is 23.2. The van der Waals surface area contributed by atoms with Crippen molar-refractivity contribution >= 4 is 13.8 Å². The number of aliphatic hydroxyl groups is 1. The van der Waals surface area contributed by atoms with Crippen molar-refractivity contribution < 1.29 is 33.1 Å². The predicted molar refractivity (Wildman–Crippen MR) is 145 cm³/mol. The quantitative estimate of drug-likeness (QED) is 0.0559. The second-order valence-corrected chi connectivity index (χ2v) is 9.32. The summed E-state index contributed by atoms with van der Waals surface area (Å²) in [6.07, 6.45) is 31.0. The first kappa shape index (κ1) is 33.9. The van der Waals surface area contributed by atoms with E-state index in [1.54, 1.807) is 18.2 Å². The molecule has 0 saturated heterocycles. The SMILES string of the molecule is CCCCCCCCCC=CC=CC=CC=CC=CC=CC(=O)O[C@H](CO)COP(=O)(O)OCCN. The lowest BCUT2D eigenvalue weighted by Gasteiger charge is -2.17. The summed E-state index contributed by atoms with van der Waals surface area (Å²) < 4.78 is 25.7. The van der Waals surface area contributed by atoms with E-state index in [0.717, 1.165) is 12.5 Å². The Balaban J connectivity index is 4.03. The molecule has 0 rings (SSSR count). The molecule has 0 aliphatic rings.